The van der Waals surface area contributed by atoms with Crippen molar-refractivity contribution >= 4 is 17.5 Å². The van der Waals surface area contributed by atoms with Gasteiger partial charge in [0.15, 0.2) is 0 Å². The van der Waals surface area contributed by atoms with E-state index in [-0.39, 0.29) is 11.4 Å². The van der Waals surface area contributed by atoms with E-state index in [1.165, 1.54) is 38.5 Å². The molecule has 1 aliphatic carbocycles. The highest BCUT2D eigenvalue weighted by molar-refractivity contribution is 6.30. The van der Waals surface area contributed by atoms with E-state index in [9.17, 15) is 4.79 Å². The SMILES string of the molecule is CC(Cl)C(=O)NCC1(N2CCN(C)CC2)CCCCCC1. The normalized spacial score (nSPS) is 26.0. The zero-order chi connectivity index (χ0) is 15.3. The van der Waals surface area contributed by atoms with Crippen molar-refractivity contribution in [2.75, 3.05) is 39.8 Å². The van der Waals surface area contributed by atoms with E-state index < -0.39 is 5.38 Å². The highest BCUT2D eigenvalue weighted by atomic mass is 35.5. The number of nitrogens with zero attached hydrogens (tertiary/aromatic N) is 2. The Morgan fingerprint density at radius 2 is 1.71 bits per heavy atom. The molecule has 21 heavy (non-hydrogen) atoms. The fraction of sp³-hybridized carbons (Fsp3) is 0.938. The quantitative estimate of drug-likeness (QED) is 0.637. The lowest BCUT2D eigenvalue weighted by Gasteiger charge is -2.47. The van der Waals surface area contributed by atoms with E-state index in [0.717, 1.165) is 32.7 Å². The van der Waals surface area contributed by atoms with Gasteiger partial charge in [0.1, 0.15) is 5.38 Å². The molecule has 1 unspecified atom stereocenters. The zero-order valence-corrected chi connectivity index (χ0v) is 14.3. The Bertz CT molecular complexity index is 332. The van der Waals surface area contributed by atoms with Gasteiger partial charge >= 0.3 is 0 Å². The van der Waals surface area contributed by atoms with E-state index in [0.29, 0.717) is 0 Å². The van der Waals surface area contributed by atoms with E-state index >= 15 is 0 Å². The first-order valence-corrected chi connectivity index (χ1v) is 8.82. The summed E-state index contributed by atoms with van der Waals surface area (Å²) in [6.07, 6.45) is 7.61. The molecule has 2 rings (SSSR count). The maximum atomic E-state index is 11.9. The molecule has 0 aromatic rings. The number of piperazine rings is 1. The monoisotopic (exact) mass is 315 g/mol. The first-order chi connectivity index (χ1) is 10.0. The molecule has 1 saturated heterocycles. The molecule has 2 aliphatic rings. The van der Waals surface area contributed by atoms with Crippen molar-refractivity contribution in [2.45, 2.75) is 56.4 Å². The van der Waals surface area contributed by atoms with Gasteiger partial charge in [-0.05, 0) is 26.8 Å². The molecule has 1 aliphatic heterocycles. The minimum absolute atomic E-state index is 0.0329. The van der Waals surface area contributed by atoms with E-state index in [4.69, 9.17) is 11.6 Å². The van der Waals surface area contributed by atoms with Gasteiger partial charge in [0.2, 0.25) is 5.91 Å². The number of halogens is 1. The number of alkyl halides is 1. The highest BCUT2D eigenvalue weighted by Gasteiger charge is 2.38. The molecule has 0 aromatic heterocycles. The summed E-state index contributed by atoms with van der Waals surface area (Å²) in [7, 11) is 2.19. The predicted octanol–water partition coefficient (Wildman–Crippen LogP) is 2.07. The van der Waals surface area contributed by atoms with Crippen LogP contribution in [-0.2, 0) is 4.79 Å². The summed E-state index contributed by atoms with van der Waals surface area (Å²) in [6, 6.07) is 0. The van der Waals surface area contributed by atoms with Crippen LogP contribution in [0.3, 0.4) is 0 Å². The fourth-order valence-corrected chi connectivity index (χ4v) is 3.74. The zero-order valence-electron chi connectivity index (χ0n) is 13.5. The van der Waals surface area contributed by atoms with Gasteiger partial charge in [-0.3, -0.25) is 9.69 Å². The molecule has 4 nitrogen and oxygen atoms in total. The van der Waals surface area contributed by atoms with Crippen LogP contribution in [0.25, 0.3) is 0 Å². The molecule has 0 aromatic carbocycles. The van der Waals surface area contributed by atoms with Gasteiger partial charge in [-0.1, -0.05) is 25.7 Å². The standard InChI is InChI=1S/C16H30ClN3O/c1-14(17)15(21)18-13-16(7-5-3-4-6-8-16)20-11-9-19(2)10-12-20/h14H,3-13H2,1-2H3,(H,18,21). The Labute approximate surface area is 134 Å². The molecule has 0 bridgehead atoms. The van der Waals surface area contributed by atoms with Crippen LogP contribution in [0.15, 0.2) is 0 Å². The Balaban J connectivity index is 2.04. The first-order valence-electron chi connectivity index (χ1n) is 8.39. The average Bonchev–Trinajstić information content (AvgIpc) is 2.72. The Morgan fingerprint density at radius 3 is 2.24 bits per heavy atom. The van der Waals surface area contributed by atoms with Crippen molar-refractivity contribution < 1.29 is 4.79 Å². The third-order valence-electron chi connectivity index (χ3n) is 5.16. The van der Waals surface area contributed by atoms with Crippen LogP contribution in [-0.4, -0.2) is 66.4 Å². The summed E-state index contributed by atoms with van der Waals surface area (Å²) >= 11 is 5.90. The number of hydrogen-bond donors (Lipinski definition) is 1. The van der Waals surface area contributed by atoms with Crippen LogP contribution in [0.2, 0.25) is 0 Å². The van der Waals surface area contributed by atoms with Gasteiger partial charge in [0.05, 0.1) is 0 Å². The Morgan fingerprint density at radius 1 is 1.14 bits per heavy atom. The van der Waals surface area contributed by atoms with Gasteiger partial charge < -0.3 is 10.2 Å². The molecule has 122 valence electrons. The lowest BCUT2D eigenvalue weighted by Crippen LogP contribution is -2.61. The van der Waals surface area contributed by atoms with Crippen LogP contribution < -0.4 is 5.32 Å². The second-order valence-electron chi connectivity index (χ2n) is 6.76. The average molecular weight is 316 g/mol. The summed E-state index contributed by atoms with van der Waals surface area (Å²) in [6.45, 7) is 6.98. The van der Waals surface area contributed by atoms with Crippen molar-refractivity contribution in [1.82, 2.24) is 15.1 Å². The molecular weight excluding hydrogens is 286 g/mol. The van der Waals surface area contributed by atoms with Gasteiger partial charge in [-0.15, -0.1) is 11.6 Å². The summed E-state index contributed by atoms with van der Waals surface area (Å²) < 4.78 is 0. The van der Waals surface area contributed by atoms with Crippen molar-refractivity contribution in [3.05, 3.63) is 0 Å². The van der Waals surface area contributed by atoms with Crippen LogP contribution in [0.5, 0.6) is 0 Å². The van der Waals surface area contributed by atoms with Gasteiger partial charge in [0.25, 0.3) is 0 Å². The number of rotatable bonds is 4. The number of carbonyl (C=O) groups is 1. The van der Waals surface area contributed by atoms with Gasteiger partial charge in [0, 0.05) is 38.3 Å². The van der Waals surface area contributed by atoms with Crippen molar-refractivity contribution in [3.63, 3.8) is 0 Å². The molecule has 1 heterocycles. The second kappa shape index (κ2) is 7.80. The molecular formula is C16H30ClN3O. The van der Waals surface area contributed by atoms with Crippen LogP contribution >= 0.6 is 11.6 Å². The molecule has 5 heteroatoms. The molecule has 1 N–H and O–H groups in total. The number of carbonyl (C=O) groups excluding carboxylic acids is 1. The van der Waals surface area contributed by atoms with Crippen molar-refractivity contribution in [1.29, 1.82) is 0 Å². The van der Waals surface area contributed by atoms with Crippen LogP contribution in [0, 0.1) is 0 Å². The minimum atomic E-state index is -0.444. The van der Waals surface area contributed by atoms with Crippen LogP contribution in [0.4, 0.5) is 0 Å². The van der Waals surface area contributed by atoms with Gasteiger partial charge in [-0.25, -0.2) is 0 Å². The molecule has 1 atom stereocenters. The number of likely N-dealkylation sites (N-methyl/N-ethyl adjacent to an activating group) is 1. The first kappa shape index (κ1) is 17.0. The largest absolute Gasteiger partial charge is 0.353 e. The maximum Gasteiger partial charge on any atom is 0.237 e. The highest BCUT2D eigenvalue weighted by Crippen LogP contribution is 2.33. The lowest BCUT2D eigenvalue weighted by molar-refractivity contribution is -0.121. The molecule has 0 radical (unpaired) electrons. The summed E-state index contributed by atoms with van der Waals surface area (Å²) in [4.78, 5) is 16.9. The minimum Gasteiger partial charge on any atom is -0.353 e. The third-order valence-corrected chi connectivity index (χ3v) is 5.36. The lowest BCUT2D eigenvalue weighted by atomic mass is 9.87. The molecule has 0 spiro atoms. The fourth-order valence-electron chi connectivity index (χ4n) is 3.66. The van der Waals surface area contributed by atoms with E-state index in [1.54, 1.807) is 6.92 Å². The topological polar surface area (TPSA) is 35.6 Å². The number of amides is 1. The smallest absolute Gasteiger partial charge is 0.237 e. The van der Waals surface area contributed by atoms with Crippen molar-refractivity contribution in [3.8, 4) is 0 Å². The predicted molar refractivity (Wildman–Crippen MR) is 87.8 cm³/mol. The Hall–Kier alpha value is -0.320. The summed E-state index contributed by atoms with van der Waals surface area (Å²) in [5, 5.41) is 2.66. The van der Waals surface area contributed by atoms with Gasteiger partial charge in [-0.2, -0.15) is 0 Å². The number of nitrogens with one attached hydrogen (secondary N) is 1. The van der Waals surface area contributed by atoms with Crippen molar-refractivity contribution in [2.24, 2.45) is 0 Å². The summed E-state index contributed by atoms with van der Waals surface area (Å²) in [5.74, 6) is -0.0329. The second-order valence-corrected chi connectivity index (χ2v) is 7.42. The third kappa shape index (κ3) is 4.57. The van der Waals surface area contributed by atoms with Crippen LogP contribution in [0.1, 0.15) is 45.4 Å². The molecule has 1 amide bonds. The van der Waals surface area contributed by atoms with E-state index in [2.05, 4.69) is 22.2 Å². The number of hydrogen-bond acceptors (Lipinski definition) is 3. The maximum absolute atomic E-state index is 11.9. The molecule has 2 fully saturated rings. The summed E-state index contributed by atoms with van der Waals surface area (Å²) in [5.41, 5.74) is 0.152. The molecule has 1 saturated carbocycles. The Kier molecular flexibility index (Phi) is 6.33. The van der Waals surface area contributed by atoms with E-state index in [1.807, 2.05) is 0 Å².